The van der Waals surface area contributed by atoms with Crippen molar-refractivity contribution >= 4 is 22.1 Å². The minimum atomic E-state index is -0.902. The van der Waals surface area contributed by atoms with Crippen molar-refractivity contribution in [2.75, 3.05) is 6.26 Å². The summed E-state index contributed by atoms with van der Waals surface area (Å²) < 4.78 is 11.4. The van der Waals surface area contributed by atoms with Gasteiger partial charge in [0.05, 0.1) is 0 Å². The molecule has 0 saturated heterocycles. The number of hydrogen-bond acceptors (Lipinski definition) is 3. The van der Waals surface area contributed by atoms with Gasteiger partial charge < -0.3 is 5.32 Å². The van der Waals surface area contributed by atoms with Crippen molar-refractivity contribution < 1.29 is 4.21 Å². The van der Waals surface area contributed by atoms with Gasteiger partial charge in [-0.1, -0.05) is 19.1 Å². The highest BCUT2D eigenvalue weighted by atomic mass is 32.2. The van der Waals surface area contributed by atoms with Crippen LogP contribution < -0.4 is 5.32 Å². The van der Waals surface area contributed by atoms with Crippen molar-refractivity contribution in [3.05, 3.63) is 51.7 Å². The average Bonchev–Trinajstić information content (AvgIpc) is 2.92. The highest BCUT2D eigenvalue weighted by molar-refractivity contribution is 7.84. The Morgan fingerprint density at radius 1 is 1.25 bits per heavy atom. The summed E-state index contributed by atoms with van der Waals surface area (Å²) in [5.41, 5.74) is 2.67. The van der Waals surface area contributed by atoms with Gasteiger partial charge in [0.2, 0.25) is 0 Å². The third kappa shape index (κ3) is 3.78. The predicted octanol–water partition coefficient (Wildman–Crippen LogP) is 3.90. The van der Waals surface area contributed by atoms with Crippen LogP contribution in [-0.2, 0) is 23.8 Å². The van der Waals surface area contributed by atoms with E-state index in [1.165, 1.54) is 16.0 Å². The van der Waals surface area contributed by atoms with Crippen LogP contribution in [0.1, 0.15) is 35.9 Å². The van der Waals surface area contributed by atoms with Crippen LogP contribution in [0.25, 0.3) is 0 Å². The molecule has 1 heterocycles. The van der Waals surface area contributed by atoms with Gasteiger partial charge in [0, 0.05) is 39.4 Å². The predicted molar refractivity (Wildman–Crippen MR) is 87.7 cm³/mol. The van der Waals surface area contributed by atoms with E-state index < -0.39 is 10.8 Å². The number of aryl methyl sites for hydroxylation is 1. The molecule has 0 fully saturated rings. The highest BCUT2D eigenvalue weighted by Crippen LogP contribution is 2.20. The number of thiophene rings is 1. The molecule has 0 aliphatic carbocycles. The zero-order valence-electron chi connectivity index (χ0n) is 12.2. The minimum Gasteiger partial charge on any atom is -0.305 e. The monoisotopic (exact) mass is 307 g/mol. The van der Waals surface area contributed by atoms with Crippen LogP contribution >= 0.6 is 11.3 Å². The topological polar surface area (TPSA) is 29.1 Å². The summed E-state index contributed by atoms with van der Waals surface area (Å²) in [5.74, 6) is 0. The van der Waals surface area contributed by atoms with E-state index in [4.69, 9.17) is 0 Å². The first-order chi connectivity index (χ1) is 9.61. The minimum absolute atomic E-state index is 0.293. The van der Waals surface area contributed by atoms with E-state index in [-0.39, 0.29) is 0 Å². The lowest BCUT2D eigenvalue weighted by molar-refractivity contribution is 0.576. The standard InChI is InChI=1S/C16H21NOS2/c1-4-13-9-10-19-16(13)11-17-12(2)14-5-7-15(8-6-14)20(3)18/h5-10,12,17H,4,11H2,1-3H3/t12-,20-/m1/s1. The van der Waals surface area contributed by atoms with Crippen LogP contribution in [0.5, 0.6) is 0 Å². The summed E-state index contributed by atoms with van der Waals surface area (Å²) in [6, 6.07) is 10.5. The van der Waals surface area contributed by atoms with E-state index in [9.17, 15) is 4.21 Å². The van der Waals surface area contributed by atoms with E-state index in [0.717, 1.165) is 17.9 Å². The molecule has 2 aromatic rings. The van der Waals surface area contributed by atoms with Crippen molar-refractivity contribution in [2.24, 2.45) is 0 Å². The second-order valence-corrected chi connectivity index (χ2v) is 7.23. The second-order valence-electron chi connectivity index (χ2n) is 4.85. The summed E-state index contributed by atoms with van der Waals surface area (Å²) >= 11 is 1.81. The highest BCUT2D eigenvalue weighted by Gasteiger charge is 2.08. The number of rotatable bonds is 6. The fourth-order valence-electron chi connectivity index (χ4n) is 2.15. The molecule has 0 amide bonds. The Hall–Kier alpha value is -0.970. The van der Waals surface area contributed by atoms with Gasteiger partial charge in [0.15, 0.2) is 0 Å². The summed E-state index contributed by atoms with van der Waals surface area (Å²) in [4.78, 5) is 2.30. The Morgan fingerprint density at radius 3 is 2.55 bits per heavy atom. The molecule has 2 rings (SSSR count). The van der Waals surface area contributed by atoms with E-state index in [1.54, 1.807) is 6.26 Å². The molecule has 2 atom stereocenters. The lowest BCUT2D eigenvalue weighted by atomic mass is 10.1. The largest absolute Gasteiger partial charge is 0.305 e. The van der Waals surface area contributed by atoms with Crippen molar-refractivity contribution in [1.29, 1.82) is 0 Å². The maximum atomic E-state index is 11.4. The first kappa shape index (κ1) is 15.4. The third-order valence-electron chi connectivity index (χ3n) is 3.50. The fourth-order valence-corrected chi connectivity index (χ4v) is 3.60. The normalized spacial score (nSPS) is 14.2. The average molecular weight is 307 g/mol. The van der Waals surface area contributed by atoms with E-state index in [0.29, 0.717) is 6.04 Å². The van der Waals surface area contributed by atoms with E-state index >= 15 is 0 Å². The van der Waals surface area contributed by atoms with Crippen LogP contribution in [0.15, 0.2) is 40.6 Å². The third-order valence-corrected chi connectivity index (χ3v) is 5.40. The first-order valence-corrected chi connectivity index (χ1v) is 9.27. The Labute approximate surface area is 127 Å². The molecule has 1 aromatic carbocycles. The van der Waals surface area contributed by atoms with Gasteiger partial charge in [0.1, 0.15) is 0 Å². The molecule has 0 radical (unpaired) electrons. The quantitative estimate of drug-likeness (QED) is 0.877. The van der Waals surface area contributed by atoms with Crippen molar-refractivity contribution in [1.82, 2.24) is 5.32 Å². The molecular weight excluding hydrogens is 286 g/mol. The van der Waals surface area contributed by atoms with Gasteiger partial charge in [-0.2, -0.15) is 0 Å². The molecule has 1 N–H and O–H groups in total. The summed E-state index contributed by atoms with van der Waals surface area (Å²) in [6.07, 6.45) is 2.80. The molecule has 2 nitrogen and oxygen atoms in total. The maximum Gasteiger partial charge on any atom is 0.0498 e. The molecule has 0 aliphatic heterocycles. The van der Waals surface area contributed by atoms with Gasteiger partial charge in [0.25, 0.3) is 0 Å². The molecule has 4 heteroatoms. The molecule has 1 aromatic heterocycles. The Kier molecular flexibility index (Phi) is 5.52. The van der Waals surface area contributed by atoms with Crippen LogP contribution in [0.3, 0.4) is 0 Å². The van der Waals surface area contributed by atoms with E-state index in [2.05, 4.69) is 42.7 Å². The molecular formula is C16H21NOS2. The molecule has 108 valence electrons. The lowest BCUT2D eigenvalue weighted by Crippen LogP contribution is -2.18. The molecule has 0 saturated carbocycles. The number of nitrogens with one attached hydrogen (secondary N) is 1. The van der Waals surface area contributed by atoms with Crippen LogP contribution in [0, 0.1) is 0 Å². The van der Waals surface area contributed by atoms with Crippen molar-refractivity contribution in [3.63, 3.8) is 0 Å². The Morgan fingerprint density at radius 2 is 1.95 bits per heavy atom. The number of benzene rings is 1. The first-order valence-electron chi connectivity index (χ1n) is 6.83. The lowest BCUT2D eigenvalue weighted by Gasteiger charge is -2.14. The smallest absolute Gasteiger partial charge is 0.0498 e. The van der Waals surface area contributed by atoms with Gasteiger partial charge in [-0.05, 0) is 48.1 Å². The molecule has 0 spiro atoms. The van der Waals surface area contributed by atoms with Crippen LogP contribution in [0.2, 0.25) is 0 Å². The summed E-state index contributed by atoms with van der Waals surface area (Å²) in [6.45, 7) is 5.26. The summed E-state index contributed by atoms with van der Waals surface area (Å²) in [5, 5.41) is 5.72. The van der Waals surface area contributed by atoms with Crippen molar-refractivity contribution in [3.8, 4) is 0 Å². The summed E-state index contributed by atoms with van der Waals surface area (Å²) in [7, 11) is -0.902. The molecule has 0 unspecified atom stereocenters. The molecule has 0 aliphatic rings. The number of hydrogen-bond donors (Lipinski definition) is 1. The van der Waals surface area contributed by atoms with Crippen LogP contribution in [-0.4, -0.2) is 10.5 Å². The van der Waals surface area contributed by atoms with E-state index in [1.807, 2.05) is 23.5 Å². The zero-order valence-corrected chi connectivity index (χ0v) is 13.8. The Bertz CT molecular complexity index is 574. The van der Waals surface area contributed by atoms with Gasteiger partial charge >= 0.3 is 0 Å². The molecule has 0 bridgehead atoms. The zero-order chi connectivity index (χ0) is 14.5. The van der Waals surface area contributed by atoms with Crippen LogP contribution in [0.4, 0.5) is 0 Å². The van der Waals surface area contributed by atoms with Gasteiger partial charge in [-0.25, -0.2) is 0 Å². The fraction of sp³-hybridized carbons (Fsp3) is 0.375. The SMILES string of the molecule is CCc1ccsc1CN[C@H](C)c1ccc([S@@](C)=O)cc1. The van der Waals surface area contributed by atoms with Gasteiger partial charge in [-0.15, -0.1) is 11.3 Å². The Balaban J connectivity index is 1.98. The maximum absolute atomic E-state index is 11.4. The molecule has 20 heavy (non-hydrogen) atoms. The second kappa shape index (κ2) is 7.16. The van der Waals surface area contributed by atoms with Gasteiger partial charge in [-0.3, -0.25) is 4.21 Å². The van der Waals surface area contributed by atoms with Crippen molar-refractivity contribution in [2.45, 2.75) is 37.8 Å².